The first-order chi connectivity index (χ1) is 69.4. The molecule has 0 spiro atoms. The van der Waals surface area contributed by atoms with E-state index in [2.05, 4.69) is 391 Å². The first-order valence-corrected chi connectivity index (χ1v) is 46.9. The maximum absolute atomic E-state index is 5.36. The van der Waals surface area contributed by atoms with Crippen molar-refractivity contribution in [1.82, 2.24) is 64.8 Å². The summed E-state index contributed by atoms with van der Waals surface area (Å²) in [5, 5.41) is 20.9. The van der Waals surface area contributed by atoms with Crippen LogP contribution in [0.3, 0.4) is 0 Å². The lowest BCUT2D eigenvalue weighted by atomic mass is 9.94. The van der Waals surface area contributed by atoms with Crippen LogP contribution in [-0.4, -0.2) is 64.8 Å². The lowest BCUT2D eigenvalue weighted by Gasteiger charge is -2.14. The Labute approximate surface area is 801 Å². The number of pyridine rings is 13. The Hall–Kier alpha value is -19.1. The highest BCUT2D eigenvalue weighted by molar-refractivity contribution is 6.21. The normalized spacial score (nSPS) is 11.7. The second-order valence-electron chi connectivity index (χ2n) is 35.4. The van der Waals surface area contributed by atoms with Gasteiger partial charge in [-0.25, -0.2) is 49.8 Å². The number of hydrogen-bond acceptors (Lipinski definition) is 13. The van der Waals surface area contributed by atoms with Gasteiger partial charge in [-0.3, -0.25) is 15.0 Å². The van der Waals surface area contributed by atoms with E-state index in [0.29, 0.717) is 0 Å². The molecule has 13 aromatic heterocycles. The number of fused-ring (bicyclic) bond motifs is 23. The molecule has 16 aromatic carbocycles. The Bertz CT molecular complexity index is 10200. The summed E-state index contributed by atoms with van der Waals surface area (Å²) in [7, 11) is 0. The van der Waals surface area contributed by atoms with Crippen molar-refractivity contribution in [3.63, 3.8) is 0 Å². The number of aromatic nitrogens is 13. The molecule has 0 saturated heterocycles. The number of benzene rings is 16. The zero-order valence-electron chi connectivity index (χ0n) is 75.1. The van der Waals surface area contributed by atoms with Crippen molar-refractivity contribution in [3.05, 3.63) is 455 Å². The van der Waals surface area contributed by atoms with Crippen LogP contribution in [0.25, 0.3) is 286 Å². The fourth-order valence-corrected chi connectivity index (χ4v) is 20.5. The monoisotopic (exact) mass is 1780 g/mol. The third-order valence-electron chi connectivity index (χ3n) is 27.2. The Balaban J connectivity index is 0.000000106. The molecule has 13 heterocycles. The Morgan fingerprint density at radius 2 is 0.379 bits per heavy atom. The molecule has 0 amide bonds. The van der Waals surface area contributed by atoms with E-state index in [9.17, 15) is 0 Å². The van der Waals surface area contributed by atoms with Crippen LogP contribution in [0.4, 0.5) is 0 Å². The van der Waals surface area contributed by atoms with Crippen molar-refractivity contribution >= 4 is 185 Å². The van der Waals surface area contributed by atoms with Crippen LogP contribution >= 0.6 is 0 Å². The second-order valence-corrected chi connectivity index (χ2v) is 35.4. The molecule has 140 heavy (non-hydrogen) atoms. The molecule has 29 rings (SSSR count). The first kappa shape index (κ1) is 80.5. The summed E-state index contributed by atoms with van der Waals surface area (Å²) in [4.78, 5) is 65.5. The predicted octanol–water partition coefficient (Wildman–Crippen LogP) is 31.8. The molecule has 0 aliphatic carbocycles. The molecule has 0 aliphatic rings. The molecule has 0 atom stereocenters. The standard InChI is InChI=1S/2C44H26N4.C39H23N5/c1-2-9-27(10-3-1)40-35-14-6-7-15-37(35)48-44-36(40)21-18-30-20-25-39(47-43(30)44)34-23-22-33(31-12-4-5-13-32(31)34)38-24-19-29-17-16-28-11-8-26-45-41(28)42(29)46-38;1-2-7-27(8-3-1)40-35-10-4-5-11-39(35)48-44-36(40)21-18-30-20-23-38(47-43(30)44)34-17-15-31-25-33(16-14-32(31)26-34)37-22-19-29-13-12-28-9-6-24-45-41(28)42(29)46-37;1-2-8-24(9-3-1)35-28-11-4-5-12-30(28)42-39-29(35)20-17-27-19-22-34(44-38(27)39)32-14-6-13-31(41-32)33-21-18-26-16-15-25-10-7-23-40-36(25)37(26)43-33/h2*1-26H;1-23H. The van der Waals surface area contributed by atoms with Crippen LogP contribution in [0.15, 0.2) is 455 Å². The molecule has 13 heteroatoms. The molecule has 0 bridgehead atoms. The van der Waals surface area contributed by atoms with Gasteiger partial charge in [0.2, 0.25) is 0 Å². The van der Waals surface area contributed by atoms with E-state index in [1.807, 2.05) is 79.3 Å². The topological polar surface area (TPSA) is 168 Å². The van der Waals surface area contributed by atoms with E-state index < -0.39 is 0 Å². The van der Waals surface area contributed by atoms with Gasteiger partial charge in [-0.2, -0.15) is 0 Å². The van der Waals surface area contributed by atoms with Gasteiger partial charge in [-0.1, -0.05) is 340 Å². The molecule has 0 fully saturated rings. The van der Waals surface area contributed by atoms with Crippen LogP contribution in [0.5, 0.6) is 0 Å². The Kier molecular flexibility index (Phi) is 19.3. The maximum Gasteiger partial charge on any atom is 0.0978 e. The molecule has 0 saturated carbocycles. The van der Waals surface area contributed by atoms with Gasteiger partial charge < -0.3 is 0 Å². The largest absolute Gasteiger partial charge is 0.254 e. The van der Waals surface area contributed by atoms with Crippen LogP contribution in [-0.2, 0) is 0 Å². The van der Waals surface area contributed by atoms with Crippen molar-refractivity contribution in [2.45, 2.75) is 0 Å². The number of nitrogens with zero attached hydrogens (tertiary/aromatic N) is 13. The maximum atomic E-state index is 5.36. The molecular weight excluding hydrogens is 1710 g/mol. The van der Waals surface area contributed by atoms with E-state index in [1.165, 1.54) is 27.8 Å². The summed E-state index contributed by atoms with van der Waals surface area (Å²) in [5.74, 6) is 0. The SMILES string of the molecule is c1ccc(-c2c3ccccc3nc3c2ccc2ccc(-c4ccc(-c5ccc6ccc7cccnc7c6n5)c5ccccc45)nc23)cc1.c1ccc(-c2c3ccccc3nc3c2ccc2ccc(-c4ccc5cc(-c6ccc7ccc8cccnc8c7n6)ccc5c4)nc23)cc1.c1ccc(-c2c3ccccc3nc3c2ccc2ccc(-c4cccc(-c5ccc6ccc7cccnc7c6n5)n4)nc23)cc1. The van der Waals surface area contributed by atoms with Gasteiger partial charge in [-0.15, -0.1) is 0 Å². The lowest BCUT2D eigenvalue weighted by Crippen LogP contribution is -1.95. The molecule has 0 radical (unpaired) electrons. The highest BCUT2D eigenvalue weighted by atomic mass is 14.9. The van der Waals surface area contributed by atoms with E-state index in [0.717, 1.165) is 258 Å². The summed E-state index contributed by atoms with van der Waals surface area (Å²) >= 11 is 0. The minimum absolute atomic E-state index is 0.781. The molecular formula is C127H75N13. The lowest BCUT2D eigenvalue weighted by molar-refractivity contribution is 1.25. The van der Waals surface area contributed by atoms with Crippen LogP contribution in [0.2, 0.25) is 0 Å². The average molecular weight is 1780 g/mol. The molecule has 648 valence electrons. The Morgan fingerprint density at radius 1 is 0.121 bits per heavy atom. The van der Waals surface area contributed by atoms with E-state index in [-0.39, 0.29) is 0 Å². The van der Waals surface area contributed by atoms with Crippen LogP contribution < -0.4 is 0 Å². The summed E-state index contributed by atoms with van der Waals surface area (Å²) < 4.78 is 0. The minimum atomic E-state index is 0.781. The summed E-state index contributed by atoms with van der Waals surface area (Å²) in [6, 6.07) is 152. The highest BCUT2D eigenvalue weighted by Gasteiger charge is 2.23. The van der Waals surface area contributed by atoms with Gasteiger partial charge in [0.25, 0.3) is 0 Å². The van der Waals surface area contributed by atoms with E-state index in [4.69, 9.17) is 49.8 Å². The fraction of sp³-hybridized carbons (Fsp3) is 0. The number of para-hydroxylation sites is 3. The van der Waals surface area contributed by atoms with Crippen LogP contribution in [0, 0.1) is 0 Å². The van der Waals surface area contributed by atoms with Gasteiger partial charge in [-0.05, 0) is 135 Å². The Morgan fingerprint density at radius 3 is 0.729 bits per heavy atom. The van der Waals surface area contributed by atoms with Gasteiger partial charge in [0.05, 0.1) is 128 Å². The summed E-state index contributed by atoms with van der Waals surface area (Å²) in [6.45, 7) is 0. The molecule has 13 nitrogen and oxygen atoms in total. The third kappa shape index (κ3) is 14.1. The van der Waals surface area contributed by atoms with E-state index in [1.54, 1.807) is 0 Å². The van der Waals surface area contributed by atoms with Crippen molar-refractivity contribution in [3.8, 4) is 101 Å². The van der Waals surface area contributed by atoms with Gasteiger partial charge >= 0.3 is 0 Å². The molecule has 29 aromatic rings. The zero-order chi connectivity index (χ0) is 92.2. The smallest absolute Gasteiger partial charge is 0.0978 e. The number of rotatable bonds is 9. The zero-order valence-corrected chi connectivity index (χ0v) is 75.1. The van der Waals surface area contributed by atoms with Gasteiger partial charge in [0.1, 0.15) is 0 Å². The summed E-state index contributed by atoms with van der Waals surface area (Å²) in [5.41, 5.74) is 31.9. The first-order valence-electron chi connectivity index (χ1n) is 46.9. The summed E-state index contributed by atoms with van der Waals surface area (Å²) in [6.07, 6.45) is 5.47. The predicted molar refractivity (Wildman–Crippen MR) is 577 cm³/mol. The van der Waals surface area contributed by atoms with E-state index >= 15 is 0 Å². The molecule has 0 N–H and O–H groups in total. The molecule has 0 unspecified atom stereocenters. The number of hydrogen-bond donors (Lipinski definition) is 0. The fourth-order valence-electron chi connectivity index (χ4n) is 20.5. The molecule has 0 aliphatic heterocycles. The van der Waals surface area contributed by atoms with Crippen molar-refractivity contribution in [2.75, 3.05) is 0 Å². The minimum Gasteiger partial charge on any atom is -0.254 e. The van der Waals surface area contributed by atoms with Gasteiger partial charge in [0.15, 0.2) is 0 Å². The highest BCUT2D eigenvalue weighted by Crippen LogP contribution is 2.45. The van der Waals surface area contributed by atoms with Crippen LogP contribution in [0.1, 0.15) is 0 Å². The third-order valence-corrected chi connectivity index (χ3v) is 27.2. The van der Waals surface area contributed by atoms with Crippen molar-refractivity contribution in [1.29, 1.82) is 0 Å². The van der Waals surface area contributed by atoms with Crippen molar-refractivity contribution in [2.24, 2.45) is 0 Å². The van der Waals surface area contributed by atoms with Crippen molar-refractivity contribution < 1.29 is 0 Å². The average Bonchev–Trinajstić information content (AvgIpc) is 0.739. The quantitative estimate of drug-likeness (QED) is 0.0990. The second kappa shape index (κ2) is 33.5. The van der Waals surface area contributed by atoms with Gasteiger partial charge in [0, 0.05) is 138 Å².